The molecule has 7 rings (SSSR count). The van der Waals surface area contributed by atoms with Gasteiger partial charge in [-0.1, -0.05) is 62.4 Å². The number of nitrogens with one attached hydrogen (secondary N) is 1. The van der Waals surface area contributed by atoms with Crippen molar-refractivity contribution in [2.75, 3.05) is 47.2 Å². The van der Waals surface area contributed by atoms with E-state index in [1.807, 2.05) is 36.4 Å². The van der Waals surface area contributed by atoms with Crippen LogP contribution < -0.4 is 15.9 Å². The van der Waals surface area contributed by atoms with E-state index in [4.69, 9.17) is 4.74 Å². The maximum absolute atomic E-state index is 14.8. The SMILES string of the molecule is CC1(C)C(=CC=C2CCCC(C=CC3=[N+](CCCCS(=O)(=O)O)c4ccccc4C3(C)C)=C2SCCC(=O)Nc2ccn(C3OC(CO)C(O)C3(F)F)c(=O)n2)N(CCCCS(=O)(=O)[O-])c2ccccc21. The first kappa shape index (κ1) is 53.9. The lowest BCUT2D eigenvalue weighted by Crippen LogP contribution is -2.41. The van der Waals surface area contributed by atoms with Crippen LogP contribution in [0.5, 0.6) is 0 Å². The summed E-state index contributed by atoms with van der Waals surface area (Å²) in [6, 6.07) is 17.3. The topological polar surface area (TPSA) is 232 Å². The Kier molecular flexibility index (Phi) is 16.5. The molecule has 3 unspecified atom stereocenters. The molecule has 16 nitrogen and oxygen atoms in total. The molecule has 4 heterocycles. The molecule has 71 heavy (non-hydrogen) atoms. The molecule has 0 saturated carbocycles. The second kappa shape index (κ2) is 21.7. The predicted octanol–water partition coefficient (Wildman–Crippen LogP) is 6.86. The van der Waals surface area contributed by atoms with Gasteiger partial charge in [-0.05, 0) is 87.3 Å². The molecule has 21 heteroatoms. The number of nitrogens with zero attached hydrogens (tertiary/aromatic N) is 4. The number of allylic oxidation sites excluding steroid dienone is 7. The first-order chi connectivity index (χ1) is 33.4. The third kappa shape index (κ3) is 12.2. The van der Waals surface area contributed by atoms with Crippen molar-refractivity contribution in [1.82, 2.24) is 9.55 Å². The number of anilines is 2. The number of amides is 1. The highest BCUT2D eigenvalue weighted by molar-refractivity contribution is 8.03. The number of rotatable bonds is 20. The Bertz CT molecular complexity index is 2970. The van der Waals surface area contributed by atoms with Gasteiger partial charge in [0, 0.05) is 76.5 Å². The van der Waals surface area contributed by atoms with Crippen LogP contribution in [0.15, 0.2) is 112 Å². The zero-order valence-electron chi connectivity index (χ0n) is 40.1. The average molecular weight is 1040 g/mol. The van der Waals surface area contributed by atoms with Crippen LogP contribution in [0.4, 0.5) is 26.0 Å². The normalized spacial score (nSPS) is 22.8. The van der Waals surface area contributed by atoms with Crippen molar-refractivity contribution < 1.29 is 59.0 Å². The lowest BCUT2D eigenvalue weighted by molar-refractivity contribution is -0.438. The fourth-order valence-electron chi connectivity index (χ4n) is 9.86. The zero-order valence-corrected chi connectivity index (χ0v) is 42.5. The smallest absolute Gasteiger partial charge is 0.351 e. The van der Waals surface area contributed by atoms with E-state index in [0.717, 1.165) is 75.4 Å². The highest BCUT2D eigenvalue weighted by Crippen LogP contribution is 2.49. The number of aromatic nitrogens is 2. The fraction of sp³-hybridized carbons (Fsp3) is 0.480. The average Bonchev–Trinajstić information content (AvgIpc) is 3.76. The van der Waals surface area contributed by atoms with E-state index < -0.39 is 79.4 Å². The number of aliphatic hydroxyl groups excluding tert-OH is 2. The van der Waals surface area contributed by atoms with Gasteiger partial charge in [-0.25, -0.2) is 13.2 Å². The first-order valence-electron chi connectivity index (χ1n) is 23.6. The van der Waals surface area contributed by atoms with Crippen molar-refractivity contribution in [2.45, 2.75) is 114 Å². The number of para-hydroxylation sites is 2. The predicted molar refractivity (Wildman–Crippen MR) is 268 cm³/mol. The monoisotopic (exact) mass is 1040 g/mol. The van der Waals surface area contributed by atoms with E-state index in [1.165, 1.54) is 17.8 Å². The van der Waals surface area contributed by atoms with Gasteiger partial charge in [0.05, 0.1) is 27.9 Å². The van der Waals surface area contributed by atoms with Crippen molar-refractivity contribution in [3.8, 4) is 0 Å². The second-order valence-corrected chi connectivity index (χ2v) is 23.4. The highest BCUT2D eigenvalue weighted by atomic mass is 32.2. The lowest BCUT2D eigenvalue weighted by atomic mass is 9.81. The summed E-state index contributed by atoms with van der Waals surface area (Å²) in [6.45, 7) is 8.67. The van der Waals surface area contributed by atoms with Crippen molar-refractivity contribution >= 4 is 60.8 Å². The highest BCUT2D eigenvalue weighted by Gasteiger charge is 2.59. The van der Waals surface area contributed by atoms with Crippen LogP contribution in [0.2, 0.25) is 0 Å². The fourth-order valence-corrected chi connectivity index (χ4v) is 12.2. The van der Waals surface area contributed by atoms with E-state index in [0.29, 0.717) is 36.3 Å². The molecule has 4 N–H and O–H groups in total. The number of hydrogen-bond donors (Lipinski definition) is 4. The minimum absolute atomic E-state index is 0.0231. The van der Waals surface area contributed by atoms with Crippen LogP contribution in [-0.2, 0) is 40.6 Å². The van der Waals surface area contributed by atoms with Gasteiger partial charge in [-0.15, -0.1) is 11.8 Å². The van der Waals surface area contributed by atoms with E-state index in [-0.39, 0.29) is 30.8 Å². The molecule has 1 amide bonds. The molecule has 2 aromatic carbocycles. The van der Waals surface area contributed by atoms with Gasteiger partial charge in [0.25, 0.3) is 10.1 Å². The molecule has 0 bridgehead atoms. The molecule has 1 aromatic heterocycles. The van der Waals surface area contributed by atoms with Crippen molar-refractivity contribution in [3.05, 3.63) is 128 Å². The Hall–Kier alpha value is -4.87. The van der Waals surface area contributed by atoms with Crippen LogP contribution >= 0.6 is 11.8 Å². The molecule has 4 aliphatic rings. The summed E-state index contributed by atoms with van der Waals surface area (Å²) < 4.78 is 104. The quantitative estimate of drug-likeness (QED) is 0.0515. The van der Waals surface area contributed by atoms with E-state index >= 15 is 0 Å². The number of carbonyl (C=O) groups is 1. The van der Waals surface area contributed by atoms with Gasteiger partial charge in [-0.2, -0.15) is 26.8 Å². The Morgan fingerprint density at radius 1 is 0.958 bits per heavy atom. The third-order valence-corrected chi connectivity index (χ3v) is 16.3. The molecule has 0 spiro atoms. The largest absolute Gasteiger partial charge is 0.748 e. The number of benzene rings is 2. The number of hydrogen-bond acceptors (Lipinski definition) is 13. The summed E-state index contributed by atoms with van der Waals surface area (Å²) in [4.78, 5) is 33.2. The molecular formula is C50H61F2N5O11S3. The van der Waals surface area contributed by atoms with Gasteiger partial charge in [0.2, 0.25) is 17.8 Å². The number of unbranched alkanes of at least 4 members (excludes halogenated alkanes) is 2. The van der Waals surface area contributed by atoms with Gasteiger partial charge >= 0.3 is 11.6 Å². The molecule has 384 valence electrons. The summed E-state index contributed by atoms with van der Waals surface area (Å²) in [7, 11) is -8.47. The Labute approximate surface area is 417 Å². The van der Waals surface area contributed by atoms with Crippen LogP contribution in [0.25, 0.3) is 0 Å². The Morgan fingerprint density at radius 2 is 1.66 bits per heavy atom. The van der Waals surface area contributed by atoms with Gasteiger partial charge in [0.15, 0.2) is 11.8 Å². The summed E-state index contributed by atoms with van der Waals surface area (Å²) in [5, 5.41) is 21.9. The number of fused-ring (bicyclic) bond motifs is 2. The van der Waals surface area contributed by atoms with E-state index in [2.05, 4.69) is 83.9 Å². The molecule has 3 aliphatic heterocycles. The molecule has 3 atom stereocenters. The second-order valence-electron chi connectivity index (χ2n) is 19.2. The molecular weight excluding hydrogens is 981 g/mol. The van der Waals surface area contributed by atoms with Crippen LogP contribution in [0.1, 0.15) is 96.4 Å². The minimum atomic E-state index is -4.36. The molecule has 1 saturated heterocycles. The lowest BCUT2D eigenvalue weighted by Gasteiger charge is -2.27. The number of thioether (sulfide) groups is 1. The van der Waals surface area contributed by atoms with E-state index in [1.54, 1.807) is 0 Å². The minimum Gasteiger partial charge on any atom is -0.748 e. The Morgan fingerprint density at radius 3 is 2.35 bits per heavy atom. The van der Waals surface area contributed by atoms with Crippen LogP contribution in [0.3, 0.4) is 0 Å². The summed E-state index contributed by atoms with van der Waals surface area (Å²) in [5.41, 5.74) is 6.29. The van der Waals surface area contributed by atoms with Crippen LogP contribution in [0, 0.1) is 0 Å². The molecule has 0 radical (unpaired) electrons. The number of alkyl halides is 2. The van der Waals surface area contributed by atoms with E-state index in [9.17, 15) is 54.5 Å². The molecule has 3 aromatic rings. The molecule has 1 fully saturated rings. The number of aliphatic hydroxyl groups is 2. The van der Waals surface area contributed by atoms with Crippen molar-refractivity contribution in [3.63, 3.8) is 0 Å². The first-order valence-corrected chi connectivity index (χ1v) is 27.8. The maximum atomic E-state index is 14.8. The molecule has 1 aliphatic carbocycles. The van der Waals surface area contributed by atoms with Gasteiger partial charge < -0.3 is 29.7 Å². The maximum Gasteiger partial charge on any atom is 0.351 e. The summed E-state index contributed by atoms with van der Waals surface area (Å²) >= 11 is 1.49. The van der Waals surface area contributed by atoms with Crippen LogP contribution in [-0.4, -0.2) is 117 Å². The van der Waals surface area contributed by atoms with Gasteiger partial charge in [0.1, 0.15) is 18.5 Å². The number of halogens is 2. The Balaban J connectivity index is 1.19. The summed E-state index contributed by atoms with van der Waals surface area (Å²) in [5.74, 6) is -5.05. The zero-order chi connectivity index (χ0) is 51.5. The number of ether oxygens (including phenoxy) is 1. The van der Waals surface area contributed by atoms with Crippen molar-refractivity contribution in [1.29, 1.82) is 0 Å². The van der Waals surface area contributed by atoms with Gasteiger partial charge in [-0.3, -0.25) is 13.9 Å². The van der Waals surface area contributed by atoms with Crippen molar-refractivity contribution in [2.24, 2.45) is 0 Å². The standard InChI is InChI=1S/C50H61F2N5O11S3/c1-48(2)35-16-5-7-18-37(35)55(26-9-11-30-70(62,63)64)40(48)22-20-33-14-13-15-34(21-23-41-49(3,4)36-17-6-8-19-38(36)56(41)27-10-12-31-71(65,66)67)44(33)69-29-25-43(59)53-42-24-28-57(47(61)54-42)46-50(51,52)45(60)39(32-58)68-46/h5-8,16-24,28,39,45-46,58,60H,9-15,25-27,29-32H2,1-4H3,(H2-,53,54,59,61,62,63,64,65,66,67). The third-order valence-electron chi connectivity index (χ3n) is 13.5. The summed E-state index contributed by atoms with van der Waals surface area (Å²) in [6.07, 6.45) is 6.96. The number of carbonyl (C=O) groups excluding carboxylic acids is 1.